The SMILES string of the molecule is CN=C(NCc1cccc(OCCCOC)c1)N1CCN(c2cccc(OC)c2)CC1.I. The Hall–Kier alpha value is -2.20. The van der Waals surface area contributed by atoms with Gasteiger partial charge in [0.05, 0.1) is 13.7 Å². The van der Waals surface area contributed by atoms with Gasteiger partial charge in [0.25, 0.3) is 0 Å². The summed E-state index contributed by atoms with van der Waals surface area (Å²) in [5.41, 5.74) is 2.37. The molecule has 1 aliphatic rings. The zero-order chi connectivity index (χ0) is 21.9. The molecule has 8 heteroatoms. The van der Waals surface area contributed by atoms with Gasteiger partial charge in [0.1, 0.15) is 11.5 Å². The Kier molecular flexibility index (Phi) is 11.4. The average Bonchev–Trinajstić information content (AvgIpc) is 2.83. The highest BCUT2D eigenvalue weighted by Gasteiger charge is 2.20. The first-order chi connectivity index (χ1) is 15.2. The molecule has 2 aromatic carbocycles. The second kappa shape index (κ2) is 14.1. The fourth-order valence-electron chi connectivity index (χ4n) is 3.64. The van der Waals surface area contributed by atoms with E-state index in [1.165, 1.54) is 11.3 Å². The third-order valence-corrected chi connectivity index (χ3v) is 5.32. The highest BCUT2D eigenvalue weighted by atomic mass is 127. The minimum atomic E-state index is 0. The fourth-order valence-corrected chi connectivity index (χ4v) is 3.64. The number of guanidine groups is 1. The molecule has 7 nitrogen and oxygen atoms in total. The number of ether oxygens (including phenoxy) is 3. The molecule has 0 atom stereocenters. The third kappa shape index (κ3) is 7.74. The summed E-state index contributed by atoms with van der Waals surface area (Å²) >= 11 is 0. The molecule has 1 aliphatic heterocycles. The zero-order valence-electron chi connectivity index (χ0n) is 19.3. The van der Waals surface area contributed by atoms with Gasteiger partial charge in [-0.2, -0.15) is 0 Å². The van der Waals surface area contributed by atoms with Crippen LogP contribution in [0.3, 0.4) is 0 Å². The highest BCUT2D eigenvalue weighted by molar-refractivity contribution is 14.0. The summed E-state index contributed by atoms with van der Waals surface area (Å²) in [6, 6.07) is 16.4. The van der Waals surface area contributed by atoms with E-state index in [1.807, 2.05) is 31.3 Å². The van der Waals surface area contributed by atoms with Gasteiger partial charge in [-0.1, -0.05) is 18.2 Å². The maximum atomic E-state index is 5.81. The van der Waals surface area contributed by atoms with Crippen LogP contribution in [0, 0.1) is 0 Å². The predicted octanol–water partition coefficient (Wildman–Crippen LogP) is 3.63. The van der Waals surface area contributed by atoms with Gasteiger partial charge >= 0.3 is 0 Å². The van der Waals surface area contributed by atoms with Gasteiger partial charge in [0, 0.05) is 71.7 Å². The lowest BCUT2D eigenvalue weighted by Crippen LogP contribution is -2.52. The Labute approximate surface area is 208 Å². The normalized spacial score (nSPS) is 14.0. The van der Waals surface area contributed by atoms with Crippen LogP contribution in [0.25, 0.3) is 0 Å². The summed E-state index contributed by atoms with van der Waals surface area (Å²) in [5, 5.41) is 3.49. The molecule has 3 rings (SSSR count). The molecule has 2 aromatic rings. The minimum absolute atomic E-state index is 0. The lowest BCUT2D eigenvalue weighted by molar-refractivity contribution is 0.172. The Morgan fingerprint density at radius 2 is 1.72 bits per heavy atom. The van der Waals surface area contributed by atoms with Crippen LogP contribution in [0.15, 0.2) is 53.5 Å². The van der Waals surface area contributed by atoms with Crippen LogP contribution in [-0.4, -0.2) is 71.5 Å². The van der Waals surface area contributed by atoms with Crippen molar-refractivity contribution in [2.75, 3.05) is 65.6 Å². The maximum Gasteiger partial charge on any atom is 0.194 e. The number of halogens is 1. The second-order valence-electron chi connectivity index (χ2n) is 7.42. The van der Waals surface area contributed by atoms with Gasteiger partial charge in [-0.3, -0.25) is 4.99 Å². The van der Waals surface area contributed by atoms with Gasteiger partial charge in [-0.15, -0.1) is 24.0 Å². The quantitative estimate of drug-likeness (QED) is 0.221. The number of benzene rings is 2. The van der Waals surface area contributed by atoms with Crippen molar-refractivity contribution in [2.24, 2.45) is 4.99 Å². The van der Waals surface area contributed by atoms with Crippen molar-refractivity contribution < 1.29 is 14.2 Å². The lowest BCUT2D eigenvalue weighted by atomic mass is 10.2. The molecule has 1 saturated heterocycles. The molecular formula is C24H35IN4O3. The van der Waals surface area contributed by atoms with Crippen molar-refractivity contribution in [2.45, 2.75) is 13.0 Å². The van der Waals surface area contributed by atoms with Crippen molar-refractivity contribution in [3.8, 4) is 11.5 Å². The molecule has 0 bridgehead atoms. The van der Waals surface area contributed by atoms with E-state index in [1.54, 1.807) is 14.2 Å². The monoisotopic (exact) mass is 554 g/mol. The van der Waals surface area contributed by atoms with E-state index < -0.39 is 0 Å². The average molecular weight is 554 g/mol. The number of methoxy groups -OCH3 is 2. The van der Waals surface area contributed by atoms with Crippen LogP contribution < -0.4 is 19.7 Å². The highest BCUT2D eigenvalue weighted by Crippen LogP contribution is 2.22. The summed E-state index contributed by atoms with van der Waals surface area (Å²) in [6.07, 6.45) is 0.882. The van der Waals surface area contributed by atoms with Crippen LogP contribution in [0.2, 0.25) is 0 Å². The summed E-state index contributed by atoms with van der Waals surface area (Å²) in [6.45, 7) is 5.79. The lowest BCUT2D eigenvalue weighted by Gasteiger charge is -2.37. The standard InChI is InChI=1S/C24H34N4O3.HI/c1-25-24(26-19-20-7-4-10-23(17-20)31-16-6-15-29-2)28-13-11-27(12-14-28)21-8-5-9-22(18-21)30-3;/h4-5,7-10,17-18H,6,11-16,19H2,1-3H3,(H,25,26);1H. The van der Waals surface area contributed by atoms with E-state index in [9.17, 15) is 0 Å². The molecule has 0 saturated carbocycles. The van der Waals surface area contributed by atoms with Crippen molar-refractivity contribution in [3.63, 3.8) is 0 Å². The maximum absolute atomic E-state index is 5.81. The molecule has 0 spiro atoms. The third-order valence-electron chi connectivity index (χ3n) is 5.32. The van der Waals surface area contributed by atoms with E-state index in [2.05, 4.69) is 44.4 Å². The Balaban J connectivity index is 0.00000363. The second-order valence-corrected chi connectivity index (χ2v) is 7.42. The summed E-state index contributed by atoms with van der Waals surface area (Å²) < 4.78 is 16.2. The molecule has 0 amide bonds. The number of hydrogen-bond donors (Lipinski definition) is 1. The topological polar surface area (TPSA) is 58.6 Å². The molecule has 32 heavy (non-hydrogen) atoms. The van der Waals surface area contributed by atoms with Crippen molar-refractivity contribution in [1.82, 2.24) is 10.2 Å². The zero-order valence-corrected chi connectivity index (χ0v) is 21.6. The Morgan fingerprint density at radius 3 is 2.44 bits per heavy atom. The van der Waals surface area contributed by atoms with Crippen molar-refractivity contribution in [1.29, 1.82) is 0 Å². The molecule has 176 valence electrons. The number of hydrogen-bond acceptors (Lipinski definition) is 5. The largest absolute Gasteiger partial charge is 0.497 e. The molecule has 1 N–H and O–H groups in total. The molecule has 0 radical (unpaired) electrons. The number of anilines is 1. The van der Waals surface area contributed by atoms with Crippen LogP contribution in [0.1, 0.15) is 12.0 Å². The first kappa shape index (κ1) is 26.1. The molecule has 0 aromatic heterocycles. The van der Waals surface area contributed by atoms with Crippen LogP contribution in [-0.2, 0) is 11.3 Å². The Morgan fingerprint density at radius 1 is 0.969 bits per heavy atom. The predicted molar refractivity (Wildman–Crippen MR) is 141 cm³/mol. The van der Waals surface area contributed by atoms with E-state index in [-0.39, 0.29) is 24.0 Å². The number of nitrogens with one attached hydrogen (secondary N) is 1. The van der Waals surface area contributed by atoms with Gasteiger partial charge in [-0.05, 0) is 29.8 Å². The Bertz CT molecular complexity index is 841. The number of nitrogens with zero attached hydrogens (tertiary/aromatic N) is 3. The van der Waals surface area contributed by atoms with Crippen LogP contribution in [0.5, 0.6) is 11.5 Å². The first-order valence-corrected chi connectivity index (χ1v) is 10.8. The van der Waals surface area contributed by atoms with Crippen LogP contribution in [0.4, 0.5) is 5.69 Å². The number of rotatable bonds is 9. The van der Waals surface area contributed by atoms with Gasteiger partial charge < -0.3 is 29.3 Å². The summed E-state index contributed by atoms with van der Waals surface area (Å²) in [7, 11) is 5.25. The molecular weight excluding hydrogens is 519 g/mol. The van der Waals surface area contributed by atoms with Crippen molar-refractivity contribution in [3.05, 3.63) is 54.1 Å². The first-order valence-electron chi connectivity index (χ1n) is 10.8. The summed E-state index contributed by atoms with van der Waals surface area (Å²) in [5.74, 6) is 2.70. The molecule has 1 heterocycles. The molecule has 0 unspecified atom stereocenters. The van der Waals surface area contributed by atoms with Crippen LogP contribution >= 0.6 is 24.0 Å². The number of piperazine rings is 1. The smallest absolute Gasteiger partial charge is 0.194 e. The minimum Gasteiger partial charge on any atom is -0.497 e. The molecule has 1 fully saturated rings. The number of aliphatic imine (C=N–C) groups is 1. The van der Waals surface area contributed by atoms with E-state index >= 15 is 0 Å². The van der Waals surface area contributed by atoms with Gasteiger partial charge in [-0.25, -0.2) is 0 Å². The van der Waals surface area contributed by atoms with Gasteiger partial charge in [0.15, 0.2) is 5.96 Å². The fraction of sp³-hybridized carbons (Fsp3) is 0.458. The summed E-state index contributed by atoms with van der Waals surface area (Å²) in [4.78, 5) is 9.19. The van der Waals surface area contributed by atoms with E-state index in [4.69, 9.17) is 14.2 Å². The van der Waals surface area contributed by atoms with Crippen molar-refractivity contribution >= 4 is 35.6 Å². The molecule has 0 aliphatic carbocycles. The van der Waals surface area contributed by atoms with E-state index in [0.29, 0.717) is 19.8 Å². The van der Waals surface area contributed by atoms with E-state index in [0.717, 1.165) is 50.1 Å². The van der Waals surface area contributed by atoms with Gasteiger partial charge in [0.2, 0.25) is 0 Å².